The molecule has 0 radical (unpaired) electrons. The van der Waals surface area contributed by atoms with Gasteiger partial charge in [0.15, 0.2) is 5.13 Å². The van der Waals surface area contributed by atoms with E-state index < -0.39 is 10.8 Å². The lowest BCUT2D eigenvalue weighted by Gasteiger charge is -2.32. The molecular weight excluding hydrogens is 454 g/mol. The summed E-state index contributed by atoms with van der Waals surface area (Å²) in [6.07, 6.45) is 2.10. The number of rotatable bonds is 6. The van der Waals surface area contributed by atoms with Crippen LogP contribution in [-0.4, -0.2) is 34.8 Å². The molecule has 10 heteroatoms. The zero-order valence-electron chi connectivity index (χ0n) is 18.9. The van der Waals surface area contributed by atoms with E-state index in [9.17, 15) is 19.7 Å². The minimum atomic E-state index is -0.455. The van der Waals surface area contributed by atoms with Crippen LogP contribution in [0.25, 0.3) is 11.3 Å². The number of nitro groups is 1. The first-order chi connectivity index (χ1) is 16.3. The molecule has 9 nitrogen and oxygen atoms in total. The Morgan fingerprint density at radius 3 is 2.62 bits per heavy atom. The molecule has 2 heterocycles. The maximum absolute atomic E-state index is 12.8. The molecule has 1 unspecified atom stereocenters. The highest BCUT2D eigenvalue weighted by molar-refractivity contribution is 7.14. The molecule has 1 aromatic heterocycles. The number of nitrogens with one attached hydrogen (secondary N) is 2. The number of nitrogens with zero attached hydrogens (tertiary/aromatic N) is 3. The summed E-state index contributed by atoms with van der Waals surface area (Å²) in [5.74, 6) is -0.134. The summed E-state index contributed by atoms with van der Waals surface area (Å²) in [6.45, 7) is 5.11. The van der Waals surface area contributed by atoms with Gasteiger partial charge in [-0.05, 0) is 43.0 Å². The van der Waals surface area contributed by atoms with Gasteiger partial charge in [-0.15, -0.1) is 11.3 Å². The van der Waals surface area contributed by atoms with Crippen molar-refractivity contribution < 1.29 is 14.5 Å². The average Bonchev–Trinajstić information content (AvgIpc) is 3.27. The molecule has 0 bridgehead atoms. The van der Waals surface area contributed by atoms with Crippen molar-refractivity contribution in [2.75, 3.05) is 28.6 Å². The smallest absolute Gasteiger partial charge is 0.293 e. The van der Waals surface area contributed by atoms with Gasteiger partial charge in [0.05, 0.1) is 10.6 Å². The van der Waals surface area contributed by atoms with Gasteiger partial charge in [0.1, 0.15) is 5.69 Å². The highest BCUT2D eigenvalue weighted by Gasteiger charge is 2.25. The minimum absolute atomic E-state index is 0.0687. The standard InChI is InChI=1S/C24H25N5O4S/c1-15-4-3-11-28(13-15)21-10-7-18(12-22(21)29(32)33)23(31)27-24-26-20(14-34-24)17-5-8-19(9-6-17)25-16(2)30/h5-10,12,14-15H,3-4,11,13H2,1-2H3,(H,25,30)(H,26,27,31). The molecule has 1 saturated heterocycles. The molecule has 34 heavy (non-hydrogen) atoms. The van der Waals surface area contributed by atoms with Crippen molar-refractivity contribution in [1.82, 2.24) is 4.98 Å². The quantitative estimate of drug-likeness (QED) is 0.372. The maximum atomic E-state index is 12.8. The molecular formula is C24H25N5O4S. The first-order valence-corrected chi connectivity index (χ1v) is 11.9. The summed E-state index contributed by atoms with van der Waals surface area (Å²) in [6, 6.07) is 11.8. The van der Waals surface area contributed by atoms with Gasteiger partial charge in [-0.25, -0.2) is 4.98 Å². The normalized spacial score (nSPS) is 15.6. The van der Waals surface area contributed by atoms with Crippen molar-refractivity contribution in [2.24, 2.45) is 5.92 Å². The van der Waals surface area contributed by atoms with Crippen LogP contribution in [-0.2, 0) is 4.79 Å². The lowest BCUT2D eigenvalue weighted by Crippen LogP contribution is -2.34. The third-order valence-electron chi connectivity index (χ3n) is 5.66. The maximum Gasteiger partial charge on any atom is 0.293 e. The molecule has 176 valence electrons. The molecule has 2 aromatic carbocycles. The Labute approximate surface area is 201 Å². The van der Waals surface area contributed by atoms with Crippen molar-refractivity contribution in [1.29, 1.82) is 0 Å². The van der Waals surface area contributed by atoms with Crippen molar-refractivity contribution >= 4 is 45.3 Å². The van der Waals surface area contributed by atoms with E-state index in [2.05, 4.69) is 22.5 Å². The number of carbonyl (C=O) groups excluding carboxylic acids is 2. The number of piperidine rings is 1. The van der Waals surface area contributed by atoms with Crippen molar-refractivity contribution in [3.63, 3.8) is 0 Å². The highest BCUT2D eigenvalue weighted by atomic mass is 32.1. The van der Waals surface area contributed by atoms with E-state index in [1.54, 1.807) is 24.3 Å². The number of anilines is 3. The first-order valence-electron chi connectivity index (χ1n) is 11.0. The van der Waals surface area contributed by atoms with Crippen LogP contribution in [0.15, 0.2) is 47.8 Å². The summed E-state index contributed by atoms with van der Waals surface area (Å²) < 4.78 is 0. The minimum Gasteiger partial charge on any atom is -0.366 e. The predicted octanol–water partition coefficient (Wildman–Crippen LogP) is 5.17. The summed E-state index contributed by atoms with van der Waals surface area (Å²) >= 11 is 1.26. The number of thiazole rings is 1. The van der Waals surface area contributed by atoms with Gasteiger partial charge >= 0.3 is 0 Å². The fourth-order valence-corrected chi connectivity index (χ4v) is 4.76. The molecule has 0 spiro atoms. The SMILES string of the molecule is CC(=O)Nc1ccc(-c2csc(NC(=O)c3ccc(N4CCCC(C)C4)c([N+](=O)[O-])c3)n2)cc1. The number of nitro benzene ring substituents is 1. The first kappa shape index (κ1) is 23.4. The number of amides is 2. The van der Waals surface area contributed by atoms with Gasteiger partial charge in [0, 0.05) is 48.3 Å². The van der Waals surface area contributed by atoms with Gasteiger partial charge in [-0.3, -0.25) is 25.0 Å². The molecule has 3 aromatic rings. The highest BCUT2D eigenvalue weighted by Crippen LogP contribution is 2.33. The lowest BCUT2D eigenvalue weighted by molar-refractivity contribution is -0.384. The third-order valence-corrected chi connectivity index (χ3v) is 6.42. The van der Waals surface area contributed by atoms with Crippen LogP contribution in [0.3, 0.4) is 0 Å². The summed E-state index contributed by atoms with van der Waals surface area (Å²) in [7, 11) is 0. The molecule has 0 saturated carbocycles. The second-order valence-corrected chi connectivity index (χ2v) is 9.26. The van der Waals surface area contributed by atoms with E-state index in [0.29, 0.717) is 28.1 Å². The molecule has 4 rings (SSSR count). The van der Waals surface area contributed by atoms with Crippen LogP contribution in [0.1, 0.15) is 37.0 Å². The topological polar surface area (TPSA) is 117 Å². The second-order valence-electron chi connectivity index (χ2n) is 8.40. The Hall–Kier alpha value is -3.79. The van der Waals surface area contributed by atoms with Crippen LogP contribution in [0.5, 0.6) is 0 Å². The largest absolute Gasteiger partial charge is 0.366 e. The zero-order valence-corrected chi connectivity index (χ0v) is 19.7. The van der Waals surface area contributed by atoms with Crippen LogP contribution < -0.4 is 15.5 Å². The average molecular weight is 480 g/mol. The fourth-order valence-electron chi connectivity index (χ4n) is 4.05. The van der Waals surface area contributed by atoms with Crippen LogP contribution >= 0.6 is 11.3 Å². The summed E-state index contributed by atoms with van der Waals surface area (Å²) in [5.41, 5.74) is 2.88. The van der Waals surface area contributed by atoms with E-state index in [1.807, 2.05) is 22.4 Å². The Morgan fingerprint density at radius 2 is 1.94 bits per heavy atom. The zero-order chi connectivity index (χ0) is 24.2. The Kier molecular flexibility index (Phi) is 6.87. The number of hydrogen-bond acceptors (Lipinski definition) is 7. The molecule has 1 aliphatic rings. The van der Waals surface area contributed by atoms with E-state index in [1.165, 1.54) is 24.3 Å². The van der Waals surface area contributed by atoms with E-state index in [0.717, 1.165) is 31.5 Å². The number of carbonyl (C=O) groups is 2. The Bertz CT molecular complexity index is 1220. The van der Waals surface area contributed by atoms with Gasteiger partial charge in [0.2, 0.25) is 5.91 Å². The van der Waals surface area contributed by atoms with Gasteiger partial charge in [0.25, 0.3) is 11.6 Å². The van der Waals surface area contributed by atoms with E-state index in [-0.39, 0.29) is 17.2 Å². The molecule has 0 aliphatic carbocycles. The molecule has 2 amide bonds. The lowest BCUT2D eigenvalue weighted by atomic mass is 9.99. The van der Waals surface area contributed by atoms with Gasteiger partial charge in [-0.2, -0.15) is 0 Å². The van der Waals surface area contributed by atoms with Crippen LogP contribution in [0.2, 0.25) is 0 Å². The van der Waals surface area contributed by atoms with Crippen molar-refractivity contribution in [2.45, 2.75) is 26.7 Å². The van der Waals surface area contributed by atoms with Crippen molar-refractivity contribution in [3.05, 3.63) is 63.5 Å². The Balaban J connectivity index is 1.48. The molecule has 1 atom stereocenters. The summed E-state index contributed by atoms with van der Waals surface area (Å²) in [4.78, 5) is 41.7. The van der Waals surface area contributed by atoms with Crippen molar-refractivity contribution in [3.8, 4) is 11.3 Å². The molecule has 1 fully saturated rings. The number of aromatic nitrogens is 1. The predicted molar refractivity (Wildman–Crippen MR) is 134 cm³/mol. The number of benzene rings is 2. The molecule has 2 N–H and O–H groups in total. The monoisotopic (exact) mass is 479 g/mol. The van der Waals surface area contributed by atoms with E-state index >= 15 is 0 Å². The summed E-state index contributed by atoms with van der Waals surface area (Å²) in [5, 5.41) is 19.4. The third kappa shape index (κ3) is 5.40. The van der Waals surface area contributed by atoms with E-state index in [4.69, 9.17) is 0 Å². The molecule has 1 aliphatic heterocycles. The van der Waals surface area contributed by atoms with Crippen LogP contribution in [0.4, 0.5) is 22.2 Å². The van der Waals surface area contributed by atoms with Gasteiger partial charge < -0.3 is 10.2 Å². The second kappa shape index (κ2) is 10.0. The van der Waals surface area contributed by atoms with Gasteiger partial charge in [-0.1, -0.05) is 19.1 Å². The fraction of sp³-hybridized carbons (Fsp3) is 0.292. The number of hydrogen-bond donors (Lipinski definition) is 2. The Morgan fingerprint density at radius 1 is 1.18 bits per heavy atom. The van der Waals surface area contributed by atoms with Crippen LogP contribution in [0, 0.1) is 16.0 Å².